The first-order valence-corrected chi connectivity index (χ1v) is 10.2. The second-order valence-electron chi connectivity index (χ2n) is 7.94. The van der Waals surface area contributed by atoms with Crippen LogP contribution in [0.3, 0.4) is 0 Å². The third-order valence-electron chi connectivity index (χ3n) is 6.31. The maximum absolute atomic E-state index is 13.6. The Morgan fingerprint density at radius 1 is 1.23 bits per heavy atom. The van der Waals surface area contributed by atoms with Crippen LogP contribution in [-0.2, 0) is 9.53 Å². The fourth-order valence-corrected chi connectivity index (χ4v) is 4.85. The number of hydrogen-bond acceptors (Lipinski definition) is 6. The number of aliphatic hydroxyl groups excluding tert-OH is 1. The number of methoxy groups -OCH3 is 1. The SMILES string of the molecule is COc1cc(C(=O)N2C[C@H]3C[C@@H](N4CCOCC4)[C@H](O)C[C@H]3C2)ccc1F.O=CO. The number of fused-ring (bicyclic) bond motifs is 1. The number of morpholine rings is 1. The maximum Gasteiger partial charge on any atom is 0.290 e. The molecule has 2 N–H and O–H groups in total. The quantitative estimate of drug-likeness (QED) is 0.701. The fraction of sp³-hybridized carbons (Fsp3) is 0.619. The Labute approximate surface area is 175 Å². The molecule has 4 rings (SSSR count). The number of benzene rings is 1. The summed E-state index contributed by atoms with van der Waals surface area (Å²) in [5.74, 6) is 0.233. The van der Waals surface area contributed by atoms with Gasteiger partial charge >= 0.3 is 0 Å². The van der Waals surface area contributed by atoms with E-state index in [-0.39, 0.29) is 30.3 Å². The summed E-state index contributed by atoms with van der Waals surface area (Å²) in [6.07, 6.45) is 1.27. The van der Waals surface area contributed by atoms with Crippen molar-refractivity contribution in [1.29, 1.82) is 0 Å². The number of amides is 1. The van der Waals surface area contributed by atoms with Crippen LogP contribution in [0, 0.1) is 17.7 Å². The molecule has 3 aliphatic rings. The van der Waals surface area contributed by atoms with Gasteiger partial charge in [0, 0.05) is 37.8 Å². The minimum absolute atomic E-state index is 0.0836. The van der Waals surface area contributed by atoms with Crippen LogP contribution >= 0.6 is 0 Å². The standard InChI is InChI=1S/C20H27FN2O4.CH2O2/c1-26-19-10-13(2-3-16(19)21)20(25)23-11-14-8-17(18(24)9-15(14)12-23)22-4-6-27-7-5-22;2-1-3/h2-3,10,14-15,17-18,24H,4-9,11-12H2,1H3;1H,(H,2,3)/t14-,15+,17-,18-;/m1./s1. The molecule has 0 spiro atoms. The van der Waals surface area contributed by atoms with E-state index in [0.717, 1.165) is 25.9 Å². The first-order valence-electron chi connectivity index (χ1n) is 10.2. The summed E-state index contributed by atoms with van der Waals surface area (Å²) < 4.78 is 24.0. The number of carbonyl (C=O) groups excluding carboxylic acids is 1. The van der Waals surface area contributed by atoms with Crippen LogP contribution in [0.4, 0.5) is 4.39 Å². The number of nitrogens with zero attached hydrogens (tertiary/aromatic N) is 2. The number of hydrogen-bond donors (Lipinski definition) is 2. The average Bonchev–Trinajstić information content (AvgIpc) is 3.17. The Kier molecular flexibility index (Phi) is 7.63. The average molecular weight is 424 g/mol. The largest absolute Gasteiger partial charge is 0.494 e. The van der Waals surface area contributed by atoms with E-state index >= 15 is 0 Å². The second-order valence-corrected chi connectivity index (χ2v) is 7.94. The van der Waals surface area contributed by atoms with E-state index in [1.807, 2.05) is 4.90 Å². The lowest BCUT2D eigenvalue weighted by molar-refractivity contribution is -0.122. The van der Waals surface area contributed by atoms with Crippen molar-refractivity contribution >= 4 is 12.4 Å². The molecule has 1 aliphatic carbocycles. The molecule has 1 aromatic carbocycles. The molecule has 0 aromatic heterocycles. The van der Waals surface area contributed by atoms with Gasteiger partial charge in [0.2, 0.25) is 0 Å². The lowest BCUT2D eigenvalue weighted by Gasteiger charge is -2.43. The molecule has 9 heteroatoms. The molecule has 1 amide bonds. The van der Waals surface area contributed by atoms with Crippen LogP contribution in [0.1, 0.15) is 23.2 Å². The zero-order valence-electron chi connectivity index (χ0n) is 17.1. The second kappa shape index (κ2) is 10.2. The van der Waals surface area contributed by atoms with Crippen molar-refractivity contribution in [3.8, 4) is 5.75 Å². The molecule has 1 aromatic rings. The molecular weight excluding hydrogens is 395 g/mol. The number of carboxylic acid groups (broad SMARTS) is 1. The van der Waals surface area contributed by atoms with Crippen LogP contribution in [0.2, 0.25) is 0 Å². The summed E-state index contributed by atoms with van der Waals surface area (Å²) >= 11 is 0. The molecule has 0 unspecified atom stereocenters. The number of aliphatic hydroxyl groups is 1. The van der Waals surface area contributed by atoms with Gasteiger partial charge in [-0.15, -0.1) is 0 Å². The molecular formula is C21H29FN2O6. The molecule has 2 saturated heterocycles. The van der Waals surface area contributed by atoms with Crippen LogP contribution in [0.15, 0.2) is 18.2 Å². The van der Waals surface area contributed by atoms with Gasteiger partial charge in [0.05, 0.1) is 26.4 Å². The van der Waals surface area contributed by atoms with E-state index < -0.39 is 5.82 Å². The lowest BCUT2D eigenvalue weighted by Crippen LogP contribution is -2.53. The normalized spacial score (nSPS) is 28.8. The molecule has 2 heterocycles. The van der Waals surface area contributed by atoms with Crippen molar-refractivity contribution in [2.45, 2.75) is 25.0 Å². The van der Waals surface area contributed by atoms with E-state index in [4.69, 9.17) is 19.4 Å². The van der Waals surface area contributed by atoms with E-state index in [1.165, 1.54) is 25.3 Å². The highest BCUT2D eigenvalue weighted by Gasteiger charge is 2.44. The fourth-order valence-electron chi connectivity index (χ4n) is 4.85. The predicted molar refractivity (Wildman–Crippen MR) is 106 cm³/mol. The molecule has 0 radical (unpaired) electrons. The van der Waals surface area contributed by atoms with Crippen LogP contribution in [0.25, 0.3) is 0 Å². The minimum Gasteiger partial charge on any atom is -0.494 e. The Morgan fingerprint density at radius 2 is 1.87 bits per heavy atom. The predicted octanol–water partition coefficient (Wildman–Crippen LogP) is 1.08. The van der Waals surface area contributed by atoms with Crippen molar-refractivity contribution in [1.82, 2.24) is 9.80 Å². The van der Waals surface area contributed by atoms with Gasteiger partial charge < -0.3 is 24.6 Å². The number of likely N-dealkylation sites (tertiary alicyclic amines) is 1. The molecule has 4 atom stereocenters. The van der Waals surface area contributed by atoms with Crippen molar-refractivity contribution in [2.75, 3.05) is 46.5 Å². The zero-order chi connectivity index (χ0) is 21.7. The summed E-state index contributed by atoms with van der Waals surface area (Å²) in [5, 5.41) is 17.6. The molecule has 166 valence electrons. The summed E-state index contributed by atoms with van der Waals surface area (Å²) in [6.45, 7) is 4.24. The summed E-state index contributed by atoms with van der Waals surface area (Å²) in [7, 11) is 1.39. The van der Waals surface area contributed by atoms with E-state index in [0.29, 0.717) is 43.7 Å². The highest BCUT2D eigenvalue weighted by Crippen LogP contribution is 2.39. The topological polar surface area (TPSA) is 99.5 Å². The van der Waals surface area contributed by atoms with Crippen LogP contribution in [0.5, 0.6) is 5.75 Å². The number of halogens is 1. The van der Waals surface area contributed by atoms with Crippen molar-refractivity contribution in [2.24, 2.45) is 11.8 Å². The molecule has 1 saturated carbocycles. The number of rotatable bonds is 3. The van der Waals surface area contributed by atoms with Crippen LogP contribution in [-0.4, -0.2) is 91.0 Å². The van der Waals surface area contributed by atoms with Crippen molar-refractivity contribution in [3.05, 3.63) is 29.6 Å². The lowest BCUT2D eigenvalue weighted by atomic mass is 9.77. The zero-order valence-corrected chi connectivity index (χ0v) is 17.1. The molecule has 8 nitrogen and oxygen atoms in total. The monoisotopic (exact) mass is 424 g/mol. The van der Waals surface area contributed by atoms with E-state index in [2.05, 4.69) is 4.90 Å². The van der Waals surface area contributed by atoms with E-state index in [9.17, 15) is 14.3 Å². The molecule has 3 fully saturated rings. The highest BCUT2D eigenvalue weighted by atomic mass is 19.1. The van der Waals surface area contributed by atoms with Crippen LogP contribution < -0.4 is 4.74 Å². The summed E-state index contributed by atoms with van der Waals surface area (Å²) in [5.41, 5.74) is 0.442. The van der Waals surface area contributed by atoms with Gasteiger partial charge in [-0.2, -0.15) is 0 Å². The molecule has 2 aliphatic heterocycles. The Hall–Kier alpha value is -2.23. The number of ether oxygens (including phenoxy) is 2. The van der Waals surface area contributed by atoms with Gasteiger partial charge in [0.25, 0.3) is 12.4 Å². The Balaban J connectivity index is 0.000000806. The highest BCUT2D eigenvalue weighted by molar-refractivity contribution is 5.94. The minimum atomic E-state index is -0.472. The van der Waals surface area contributed by atoms with Gasteiger partial charge in [-0.1, -0.05) is 0 Å². The van der Waals surface area contributed by atoms with Crippen molar-refractivity contribution in [3.63, 3.8) is 0 Å². The Bertz CT molecular complexity index is 742. The summed E-state index contributed by atoms with van der Waals surface area (Å²) in [4.78, 5) is 25.4. The van der Waals surface area contributed by atoms with Crippen molar-refractivity contribution < 1.29 is 33.7 Å². The maximum atomic E-state index is 13.6. The number of carbonyl (C=O) groups is 2. The Morgan fingerprint density at radius 3 is 2.50 bits per heavy atom. The van der Waals surface area contributed by atoms with E-state index in [1.54, 1.807) is 0 Å². The molecule has 0 bridgehead atoms. The summed E-state index contributed by atoms with van der Waals surface area (Å²) in [6, 6.07) is 4.39. The van der Waals surface area contributed by atoms with Gasteiger partial charge in [-0.3, -0.25) is 14.5 Å². The first-order chi connectivity index (χ1) is 14.5. The first kappa shape index (κ1) is 22.5. The third kappa shape index (κ3) is 4.91. The smallest absolute Gasteiger partial charge is 0.290 e. The third-order valence-corrected chi connectivity index (χ3v) is 6.31. The van der Waals surface area contributed by atoms with Gasteiger partial charge in [0.1, 0.15) is 0 Å². The van der Waals surface area contributed by atoms with Gasteiger partial charge in [0.15, 0.2) is 11.6 Å². The molecule has 30 heavy (non-hydrogen) atoms. The van der Waals surface area contributed by atoms with Gasteiger partial charge in [-0.25, -0.2) is 4.39 Å². The van der Waals surface area contributed by atoms with Gasteiger partial charge in [-0.05, 0) is 42.9 Å².